The van der Waals surface area contributed by atoms with E-state index in [4.69, 9.17) is 9.98 Å². The fraction of sp³-hybridized carbons (Fsp3) is 0.0213. The van der Waals surface area contributed by atoms with Crippen molar-refractivity contribution in [3.63, 3.8) is 0 Å². The first-order chi connectivity index (χ1) is 25.8. The van der Waals surface area contributed by atoms with Crippen LogP contribution >= 0.6 is 0 Å². The van der Waals surface area contributed by atoms with E-state index in [0.29, 0.717) is 5.84 Å². The molecule has 5 nitrogen and oxygen atoms in total. The van der Waals surface area contributed by atoms with Crippen molar-refractivity contribution < 1.29 is 0 Å². The van der Waals surface area contributed by atoms with E-state index in [0.717, 1.165) is 33.7 Å². The molecule has 1 unspecified atom stereocenters. The highest BCUT2D eigenvalue weighted by molar-refractivity contribution is 6.25. The maximum Gasteiger partial charge on any atom is 0.159 e. The molecule has 0 radical (unpaired) electrons. The Bertz CT molecular complexity index is 3090. The number of pyridine rings is 1. The number of hydrogen-bond acceptors (Lipinski definition) is 3. The highest BCUT2D eigenvalue weighted by atomic mass is 15.2. The summed E-state index contributed by atoms with van der Waals surface area (Å²) in [6.45, 7) is 0. The van der Waals surface area contributed by atoms with Gasteiger partial charge in [-0.1, -0.05) is 133 Å². The molecule has 7 aromatic carbocycles. The zero-order valence-electron chi connectivity index (χ0n) is 28.1. The van der Waals surface area contributed by atoms with Crippen LogP contribution in [0.4, 0.5) is 0 Å². The number of nitrogens with one attached hydrogen (secondary N) is 1. The van der Waals surface area contributed by atoms with Gasteiger partial charge < -0.3 is 14.3 Å². The summed E-state index contributed by atoms with van der Waals surface area (Å²) in [5.41, 5.74) is 10.1. The van der Waals surface area contributed by atoms with Gasteiger partial charge in [0.15, 0.2) is 5.84 Å². The second-order valence-corrected chi connectivity index (χ2v) is 13.5. The summed E-state index contributed by atoms with van der Waals surface area (Å²) in [4.78, 5) is 10.3. The number of aromatic nitrogens is 2. The van der Waals surface area contributed by atoms with Crippen molar-refractivity contribution in [1.29, 1.82) is 0 Å². The molecule has 10 aromatic rings. The quantitative estimate of drug-likeness (QED) is 0.187. The number of fused-ring (bicyclic) bond motifs is 12. The van der Waals surface area contributed by atoms with Crippen LogP contribution in [0, 0.1) is 0 Å². The molecule has 3 aromatic heterocycles. The first-order valence-electron chi connectivity index (χ1n) is 17.7. The van der Waals surface area contributed by atoms with Crippen LogP contribution in [0.2, 0.25) is 0 Å². The number of aliphatic imine (C=N–C) groups is 2. The van der Waals surface area contributed by atoms with Crippen molar-refractivity contribution in [3.05, 3.63) is 193 Å². The molecule has 1 aliphatic heterocycles. The number of nitrogens with zero attached hydrogens (tertiary/aromatic N) is 4. The monoisotopic (exact) mass is 665 g/mol. The average Bonchev–Trinajstić information content (AvgIpc) is 3.78. The summed E-state index contributed by atoms with van der Waals surface area (Å²) < 4.78 is 4.84. The molecule has 0 aliphatic carbocycles. The topological polar surface area (TPSA) is 46.1 Å². The molecule has 0 bridgehead atoms. The van der Waals surface area contributed by atoms with Gasteiger partial charge in [0, 0.05) is 43.7 Å². The maximum absolute atomic E-state index is 5.17. The van der Waals surface area contributed by atoms with Crippen LogP contribution < -0.4 is 5.32 Å². The highest BCUT2D eigenvalue weighted by Crippen LogP contribution is 2.41. The lowest BCUT2D eigenvalue weighted by molar-refractivity contribution is 0.674. The Morgan fingerprint density at radius 2 is 1.06 bits per heavy atom. The zero-order chi connectivity index (χ0) is 34.2. The first-order valence-corrected chi connectivity index (χ1v) is 17.7. The third-order valence-electron chi connectivity index (χ3n) is 10.5. The normalized spacial score (nSPS) is 14.7. The SMILES string of the molecule is c1ccc(C2=NC(c3cccc(-n4c5ccccc5c5c6cc7c8ccccc8c8ccccc8n7c6ccc54)c3)=NC(c3ccccc3)N2)cc1. The minimum Gasteiger partial charge on any atom is -0.344 e. The van der Waals surface area contributed by atoms with Crippen molar-refractivity contribution in [3.8, 4) is 5.69 Å². The lowest BCUT2D eigenvalue weighted by atomic mass is 10.0. The van der Waals surface area contributed by atoms with E-state index >= 15 is 0 Å². The van der Waals surface area contributed by atoms with E-state index in [1.165, 1.54) is 54.4 Å². The van der Waals surface area contributed by atoms with Crippen LogP contribution in [0.5, 0.6) is 0 Å². The Morgan fingerprint density at radius 3 is 1.87 bits per heavy atom. The fourth-order valence-corrected chi connectivity index (χ4v) is 8.23. The van der Waals surface area contributed by atoms with Gasteiger partial charge in [0.25, 0.3) is 0 Å². The summed E-state index contributed by atoms with van der Waals surface area (Å²) in [5.74, 6) is 1.51. The van der Waals surface area contributed by atoms with Gasteiger partial charge >= 0.3 is 0 Å². The van der Waals surface area contributed by atoms with Crippen molar-refractivity contribution in [2.24, 2.45) is 9.98 Å². The minimum absolute atomic E-state index is 0.259. The molecule has 1 atom stereocenters. The van der Waals surface area contributed by atoms with Crippen LogP contribution in [0.1, 0.15) is 22.9 Å². The molecule has 0 fully saturated rings. The minimum atomic E-state index is -0.259. The molecular formula is C47H31N5. The van der Waals surface area contributed by atoms with E-state index in [1.54, 1.807) is 0 Å². The maximum atomic E-state index is 5.17. The van der Waals surface area contributed by atoms with E-state index < -0.39 is 0 Å². The standard InChI is InChI=1S/C47H31N5/c1-3-14-30(15-4-1)45-48-46(31-16-5-2-6-17-31)50-47(49-45)32-18-13-19-33(28-32)51-40-25-12-10-23-37(40)44-38-29-43-36-22-8-7-20-34(36)35-21-9-11-24-39(35)52(43)41(38)26-27-42(44)51/h1-29,45H,(H,48,49,50). The number of hydrogen-bond donors (Lipinski definition) is 1. The van der Waals surface area contributed by atoms with Crippen LogP contribution in [0.15, 0.2) is 186 Å². The van der Waals surface area contributed by atoms with Crippen molar-refractivity contribution in [2.75, 3.05) is 0 Å². The van der Waals surface area contributed by atoms with Gasteiger partial charge in [0.05, 0.1) is 27.6 Å². The van der Waals surface area contributed by atoms with Crippen LogP contribution in [-0.4, -0.2) is 20.6 Å². The molecule has 0 saturated heterocycles. The second kappa shape index (κ2) is 11.3. The Hall–Kier alpha value is -6.98. The van der Waals surface area contributed by atoms with Crippen molar-refractivity contribution in [2.45, 2.75) is 6.17 Å². The summed E-state index contributed by atoms with van der Waals surface area (Å²) in [6.07, 6.45) is -0.259. The van der Waals surface area contributed by atoms with Crippen molar-refractivity contribution in [1.82, 2.24) is 14.3 Å². The smallest absolute Gasteiger partial charge is 0.159 e. The van der Waals surface area contributed by atoms with Gasteiger partial charge in [-0.2, -0.15) is 0 Å². The Morgan fingerprint density at radius 1 is 0.442 bits per heavy atom. The molecule has 0 spiro atoms. The molecule has 11 rings (SSSR count). The zero-order valence-corrected chi connectivity index (χ0v) is 28.1. The predicted octanol–water partition coefficient (Wildman–Crippen LogP) is 11.0. The molecule has 52 heavy (non-hydrogen) atoms. The van der Waals surface area contributed by atoms with Gasteiger partial charge in [-0.25, -0.2) is 9.98 Å². The number of benzene rings is 7. The van der Waals surface area contributed by atoms with Gasteiger partial charge in [-0.15, -0.1) is 0 Å². The molecule has 1 N–H and O–H groups in total. The molecule has 0 amide bonds. The van der Waals surface area contributed by atoms with Gasteiger partial charge in [-0.3, -0.25) is 0 Å². The van der Waals surface area contributed by atoms with Gasteiger partial charge in [0.1, 0.15) is 12.0 Å². The summed E-state index contributed by atoms with van der Waals surface area (Å²) >= 11 is 0. The second-order valence-electron chi connectivity index (χ2n) is 13.5. The fourth-order valence-electron chi connectivity index (χ4n) is 8.23. The molecular weight excluding hydrogens is 635 g/mol. The van der Waals surface area contributed by atoms with Gasteiger partial charge in [-0.05, 0) is 53.4 Å². The highest BCUT2D eigenvalue weighted by Gasteiger charge is 2.23. The van der Waals surface area contributed by atoms with Crippen LogP contribution in [-0.2, 0) is 0 Å². The summed E-state index contributed by atoms with van der Waals surface area (Å²) in [7, 11) is 0. The summed E-state index contributed by atoms with van der Waals surface area (Å²) in [5, 5.41) is 11.1. The van der Waals surface area contributed by atoms with E-state index in [-0.39, 0.29) is 6.17 Å². The van der Waals surface area contributed by atoms with Gasteiger partial charge in [0.2, 0.25) is 0 Å². The molecule has 244 valence electrons. The molecule has 1 aliphatic rings. The lowest BCUT2D eigenvalue weighted by Crippen LogP contribution is -2.33. The van der Waals surface area contributed by atoms with E-state index in [9.17, 15) is 0 Å². The van der Waals surface area contributed by atoms with E-state index in [1.807, 2.05) is 24.3 Å². The number of para-hydroxylation sites is 2. The first kappa shape index (κ1) is 28.8. The number of amidine groups is 2. The third kappa shape index (κ3) is 4.29. The number of rotatable bonds is 4. The van der Waals surface area contributed by atoms with Crippen molar-refractivity contribution >= 4 is 71.6 Å². The predicted molar refractivity (Wildman–Crippen MR) is 216 cm³/mol. The largest absolute Gasteiger partial charge is 0.344 e. The molecule has 4 heterocycles. The van der Waals surface area contributed by atoms with E-state index in [2.05, 4.69) is 166 Å². The average molecular weight is 666 g/mol. The lowest BCUT2D eigenvalue weighted by Gasteiger charge is -2.23. The van der Waals surface area contributed by atoms with Crippen LogP contribution in [0.25, 0.3) is 65.6 Å². The third-order valence-corrected chi connectivity index (χ3v) is 10.5. The summed E-state index contributed by atoms with van der Waals surface area (Å²) in [6, 6.07) is 62.6. The Labute approximate surface area is 299 Å². The molecule has 5 heteroatoms. The van der Waals surface area contributed by atoms with Crippen LogP contribution in [0.3, 0.4) is 0 Å². The molecule has 0 saturated carbocycles. The Kier molecular flexibility index (Phi) is 6.25. The Balaban J connectivity index is 1.14.